The van der Waals surface area contributed by atoms with E-state index in [0.717, 1.165) is 27.6 Å². The zero-order chi connectivity index (χ0) is 20.9. The lowest BCUT2D eigenvalue weighted by molar-refractivity contribution is -0.151. The van der Waals surface area contributed by atoms with Gasteiger partial charge in [0.2, 0.25) is 11.8 Å². The lowest BCUT2D eigenvalue weighted by Gasteiger charge is -2.45. The van der Waals surface area contributed by atoms with Crippen LogP contribution in [0.4, 0.5) is 10.5 Å². The number of rotatable bonds is 2. The van der Waals surface area contributed by atoms with E-state index in [4.69, 9.17) is 0 Å². The highest BCUT2D eigenvalue weighted by molar-refractivity contribution is 6.20. The Morgan fingerprint density at radius 2 is 1.67 bits per heavy atom. The fourth-order valence-electron chi connectivity index (χ4n) is 4.65. The number of hydrogen-bond donors (Lipinski definition) is 1. The highest BCUT2D eigenvalue weighted by atomic mass is 16.2. The van der Waals surface area contributed by atoms with Gasteiger partial charge in [-0.3, -0.25) is 19.8 Å². The third-order valence-corrected chi connectivity index (χ3v) is 6.15. The van der Waals surface area contributed by atoms with Crippen LogP contribution in [0.15, 0.2) is 66.7 Å². The molecule has 2 heterocycles. The zero-order valence-corrected chi connectivity index (χ0v) is 16.6. The predicted octanol–water partition coefficient (Wildman–Crippen LogP) is 3.10. The third kappa shape index (κ3) is 2.68. The molecule has 4 amide bonds. The zero-order valence-electron chi connectivity index (χ0n) is 16.6. The summed E-state index contributed by atoms with van der Waals surface area (Å²) in [6.07, 6.45) is 0.261. The molecule has 30 heavy (non-hydrogen) atoms. The third-order valence-electron chi connectivity index (χ3n) is 6.15. The van der Waals surface area contributed by atoms with Crippen molar-refractivity contribution in [1.29, 1.82) is 0 Å². The minimum atomic E-state index is -1.34. The van der Waals surface area contributed by atoms with Gasteiger partial charge in [0, 0.05) is 25.7 Å². The van der Waals surface area contributed by atoms with E-state index in [1.807, 2.05) is 72.6 Å². The number of carbonyl (C=O) groups is 3. The van der Waals surface area contributed by atoms with Gasteiger partial charge in [-0.05, 0) is 28.0 Å². The topological polar surface area (TPSA) is 69.7 Å². The van der Waals surface area contributed by atoms with Crippen molar-refractivity contribution in [3.8, 4) is 0 Å². The van der Waals surface area contributed by atoms with E-state index in [2.05, 4.69) is 11.4 Å². The average Bonchev–Trinajstić information content (AvgIpc) is 2.76. The molecule has 0 saturated carbocycles. The van der Waals surface area contributed by atoms with Crippen LogP contribution >= 0.6 is 0 Å². The van der Waals surface area contributed by atoms with Crippen LogP contribution in [0.3, 0.4) is 0 Å². The van der Waals surface area contributed by atoms with Gasteiger partial charge < -0.3 is 4.90 Å². The number of barbiturate groups is 1. The Balaban J connectivity index is 1.59. The van der Waals surface area contributed by atoms with Crippen LogP contribution in [0.1, 0.15) is 11.1 Å². The Bertz CT molecular complexity index is 1190. The minimum Gasteiger partial charge on any atom is -0.373 e. The fourth-order valence-corrected chi connectivity index (χ4v) is 4.65. The van der Waals surface area contributed by atoms with Crippen molar-refractivity contribution in [3.05, 3.63) is 77.9 Å². The number of amides is 4. The normalized spacial score (nSPS) is 21.2. The molecule has 0 aromatic heterocycles. The summed E-state index contributed by atoms with van der Waals surface area (Å²) in [6, 6.07) is 20.7. The number of carbonyl (C=O) groups excluding carboxylic acids is 3. The number of benzene rings is 3. The van der Waals surface area contributed by atoms with Crippen LogP contribution in [-0.4, -0.2) is 36.3 Å². The molecule has 150 valence electrons. The summed E-state index contributed by atoms with van der Waals surface area (Å²) in [5.41, 5.74) is 1.46. The van der Waals surface area contributed by atoms with Gasteiger partial charge in [0.15, 0.2) is 0 Å². The van der Waals surface area contributed by atoms with E-state index < -0.39 is 23.3 Å². The van der Waals surface area contributed by atoms with Crippen LogP contribution in [-0.2, 0) is 22.6 Å². The maximum atomic E-state index is 13.6. The summed E-state index contributed by atoms with van der Waals surface area (Å²) in [4.78, 5) is 42.4. The second-order valence-electron chi connectivity index (χ2n) is 8.04. The molecule has 3 aromatic rings. The molecule has 1 spiro atoms. The molecule has 0 bridgehead atoms. The van der Waals surface area contributed by atoms with E-state index in [-0.39, 0.29) is 19.5 Å². The fraction of sp³-hybridized carbons (Fsp3) is 0.208. The second kappa shape index (κ2) is 6.69. The standard InChI is InChI=1S/C24H21N3O3/c1-26-15-24(13-19-18-10-6-5-9-17(18)11-12-20(19)26)21(28)25-23(30)27(22(24)29)14-16-7-3-2-4-8-16/h2-12H,13-15H2,1H3,(H,25,28,30)/t24-/m1/s1. The van der Waals surface area contributed by atoms with Crippen molar-refractivity contribution in [3.63, 3.8) is 0 Å². The summed E-state index contributed by atoms with van der Waals surface area (Å²) >= 11 is 0. The molecule has 1 atom stereocenters. The summed E-state index contributed by atoms with van der Waals surface area (Å²) in [5, 5.41) is 4.52. The Kier molecular flexibility index (Phi) is 4.10. The Morgan fingerprint density at radius 3 is 2.47 bits per heavy atom. The molecule has 2 aliphatic heterocycles. The average molecular weight is 399 g/mol. The molecule has 6 heteroatoms. The minimum absolute atomic E-state index is 0.132. The summed E-state index contributed by atoms with van der Waals surface area (Å²) in [5.74, 6) is -0.960. The molecular formula is C24H21N3O3. The summed E-state index contributed by atoms with van der Waals surface area (Å²) < 4.78 is 0. The number of nitrogens with one attached hydrogen (secondary N) is 1. The molecule has 5 rings (SSSR count). The molecule has 1 fully saturated rings. The van der Waals surface area contributed by atoms with Crippen LogP contribution in [0, 0.1) is 5.41 Å². The van der Waals surface area contributed by atoms with Crippen LogP contribution in [0.5, 0.6) is 0 Å². The number of imide groups is 2. The van der Waals surface area contributed by atoms with Gasteiger partial charge in [0.1, 0.15) is 5.41 Å². The molecule has 3 aromatic carbocycles. The maximum absolute atomic E-state index is 13.6. The van der Waals surface area contributed by atoms with Gasteiger partial charge in [-0.2, -0.15) is 0 Å². The van der Waals surface area contributed by atoms with Crippen molar-refractivity contribution in [2.75, 3.05) is 18.5 Å². The van der Waals surface area contributed by atoms with Gasteiger partial charge in [-0.1, -0.05) is 60.7 Å². The number of urea groups is 1. The first kappa shape index (κ1) is 18.4. The van der Waals surface area contributed by atoms with Gasteiger partial charge in [-0.25, -0.2) is 4.79 Å². The van der Waals surface area contributed by atoms with E-state index in [9.17, 15) is 14.4 Å². The molecule has 0 radical (unpaired) electrons. The molecule has 1 N–H and O–H groups in total. The number of fused-ring (bicyclic) bond motifs is 3. The van der Waals surface area contributed by atoms with E-state index in [1.54, 1.807) is 0 Å². The molecular weight excluding hydrogens is 378 g/mol. The first-order valence-electron chi connectivity index (χ1n) is 9.93. The van der Waals surface area contributed by atoms with Crippen molar-refractivity contribution in [2.24, 2.45) is 5.41 Å². The van der Waals surface area contributed by atoms with E-state index >= 15 is 0 Å². The van der Waals surface area contributed by atoms with Crippen LogP contribution in [0.2, 0.25) is 0 Å². The van der Waals surface area contributed by atoms with Crippen LogP contribution in [0.25, 0.3) is 10.8 Å². The first-order chi connectivity index (χ1) is 14.5. The molecule has 0 aliphatic carbocycles. The highest BCUT2D eigenvalue weighted by Crippen LogP contribution is 2.42. The summed E-state index contributed by atoms with van der Waals surface area (Å²) in [6.45, 7) is 0.355. The monoisotopic (exact) mass is 399 g/mol. The van der Waals surface area contributed by atoms with Gasteiger partial charge in [0.05, 0.1) is 6.54 Å². The van der Waals surface area contributed by atoms with E-state index in [1.165, 1.54) is 4.90 Å². The Morgan fingerprint density at radius 1 is 0.933 bits per heavy atom. The van der Waals surface area contributed by atoms with Gasteiger partial charge >= 0.3 is 6.03 Å². The van der Waals surface area contributed by atoms with E-state index in [0.29, 0.717) is 0 Å². The van der Waals surface area contributed by atoms with Crippen molar-refractivity contribution >= 4 is 34.3 Å². The number of anilines is 1. The maximum Gasteiger partial charge on any atom is 0.331 e. The molecule has 2 aliphatic rings. The lowest BCUT2D eigenvalue weighted by Crippen LogP contribution is -2.68. The molecule has 0 unspecified atom stereocenters. The Hall–Kier alpha value is -3.67. The van der Waals surface area contributed by atoms with Gasteiger partial charge in [0.25, 0.3) is 0 Å². The largest absolute Gasteiger partial charge is 0.373 e. The summed E-state index contributed by atoms with van der Waals surface area (Å²) in [7, 11) is 1.88. The second-order valence-corrected chi connectivity index (χ2v) is 8.04. The van der Waals surface area contributed by atoms with Crippen molar-refractivity contribution in [1.82, 2.24) is 10.2 Å². The van der Waals surface area contributed by atoms with Crippen molar-refractivity contribution in [2.45, 2.75) is 13.0 Å². The number of hydrogen-bond acceptors (Lipinski definition) is 4. The molecule has 6 nitrogen and oxygen atoms in total. The van der Waals surface area contributed by atoms with Crippen molar-refractivity contribution < 1.29 is 14.4 Å². The quantitative estimate of drug-likeness (QED) is 0.673. The smallest absolute Gasteiger partial charge is 0.331 e. The first-order valence-corrected chi connectivity index (χ1v) is 9.93. The predicted molar refractivity (Wildman–Crippen MR) is 114 cm³/mol. The molecule has 1 saturated heterocycles. The Labute approximate surface area is 174 Å². The SMILES string of the molecule is CN1C[C@]2(Cc3c1ccc1ccccc31)C(=O)NC(=O)N(Cc1ccccc1)C2=O. The highest BCUT2D eigenvalue weighted by Gasteiger charge is 2.56. The lowest BCUT2D eigenvalue weighted by atomic mass is 9.73. The van der Waals surface area contributed by atoms with Gasteiger partial charge in [-0.15, -0.1) is 0 Å². The van der Waals surface area contributed by atoms with Crippen LogP contribution < -0.4 is 10.2 Å². The number of nitrogens with zero attached hydrogens (tertiary/aromatic N) is 2.